The number of aryl methyl sites for hydroxylation is 2. The van der Waals surface area contributed by atoms with Crippen LogP contribution in [0.4, 0.5) is 5.82 Å². The molecule has 1 aromatic heterocycles. The fraction of sp³-hybridized carbons (Fsp3) is 0.421. The molecule has 0 amide bonds. The van der Waals surface area contributed by atoms with Gasteiger partial charge in [-0.25, -0.2) is 14.8 Å². The normalized spacial score (nSPS) is 12.0. The summed E-state index contributed by atoms with van der Waals surface area (Å²) >= 11 is 7.69. The predicted molar refractivity (Wildman–Crippen MR) is 108 cm³/mol. The molecule has 5 nitrogen and oxygen atoms in total. The number of halogens is 1. The number of carboxylic acid groups (broad SMARTS) is 1. The lowest BCUT2D eigenvalue weighted by Crippen LogP contribution is -2.31. The fourth-order valence-corrected chi connectivity index (χ4v) is 3.46. The van der Waals surface area contributed by atoms with Gasteiger partial charge in [0.2, 0.25) is 0 Å². The molecule has 1 aromatic carbocycles. The molecule has 1 heterocycles. The molecule has 0 spiro atoms. The third-order valence-corrected chi connectivity index (χ3v) is 5.17. The van der Waals surface area contributed by atoms with E-state index in [9.17, 15) is 9.90 Å². The lowest BCUT2D eigenvalue weighted by Gasteiger charge is -2.19. The standard InChI is InChI=1S/C19H24ClN3O2S/c1-4-26-10-9-17(19(24)25)23-18-16(12(2)21-13(3)22-18)11-14-5-7-15(20)8-6-14/h5-8,17H,4,9-11H2,1-3H3,(H,24,25)(H,21,22,23). The Balaban J connectivity index is 2.27. The van der Waals surface area contributed by atoms with E-state index in [-0.39, 0.29) is 0 Å². The van der Waals surface area contributed by atoms with Gasteiger partial charge < -0.3 is 10.4 Å². The van der Waals surface area contributed by atoms with E-state index in [0.717, 1.165) is 28.3 Å². The summed E-state index contributed by atoms with van der Waals surface area (Å²) in [7, 11) is 0. The lowest BCUT2D eigenvalue weighted by molar-refractivity contribution is -0.137. The number of aromatic nitrogens is 2. The van der Waals surface area contributed by atoms with Gasteiger partial charge >= 0.3 is 5.97 Å². The zero-order valence-electron chi connectivity index (χ0n) is 15.3. The number of benzene rings is 1. The molecule has 1 atom stereocenters. The summed E-state index contributed by atoms with van der Waals surface area (Å²) in [5, 5.41) is 13.4. The monoisotopic (exact) mass is 393 g/mol. The van der Waals surface area contributed by atoms with Crippen molar-refractivity contribution < 1.29 is 9.90 Å². The average Bonchev–Trinajstić information content (AvgIpc) is 2.58. The van der Waals surface area contributed by atoms with E-state index in [1.807, 2.05) is 38.1 Å². The van der Waals surface area contributed by atoms with Crippen molar-refractivity contribution in [2.75, 3.05) is 16.8 Å². The molecule has 0 aliphatic heterocycles. The second-order valence-electron chi connectivity index (χ2n) is 6.01. The van der Waals surface area contributed by atoms with Gasteiger partial charge in [-0.05, 0) is 49.5 Å². The number of carboxylic acids is 1. The van der Waals surface area contributed by atoms with E-state index in [2.05, 4.69) is 22.2 Å². The summed E-state index contributed by atoms with van der Waals surface area (Å²) in [5.74, 6) is 2.11. The van der Waals surface area contributed by atoms with Gasteiger partial charge in [0.15, 0.2) is 0 Å². The second kappa shape index (κ2) is 9.78. The highest BCUT2D eigenvalue weighted by atomic mass is 35.5. The minimum Gasteiger partial charge on any atom is -0.480 e. The first-order valence-electron chi connectivity index (χ1n) is 8.56. The topological polar surface area (TPSA) is 75.1 Å². The second-order valence-corrected chi connectivity index (χ2v) is 7.84. The number of hydrogen-bond donors (Lipinski definition) is 2. The van der Waals surface area contributed by atoms with Gasteiger partial charge in [-0.3, -0.25) is 0 Å². The molecule has 2 rings (SSSR count). The fourth-order valence-electron chi connectivity index (χ4n) is 2.64. The summed E-state index contributed by atoms with van der Waals surface area (Å²) in [6, 6.07) is 6.93. The maximum Gasteiger partial charge on any atom is 0.326 e. The molecule has 0 saturated carbocycles. The first kappa shape index (κ1) is 20.5. The number of rotatable bonds is 9. The molecular weight excluding hydrogens is 370 g/mol. The number of nitrogens with zero attached hydrogens (tertiary/aromatic N) is 2. The molecule has 2 aromatic rings. The molecule has 0 bridgehead atoms. The smallest absolute Gasteiger partial charge is 0.326 e. The molecule has 0 fully saturated rings. The first-order chi connectivity index (χ1) is 12.4. The van der Waals surface area contributed by atoms with Crippen molar-refractivity contribution in [1.82, 2.24) is 9.97 Å². The third kappa shape index (κ3) is 5.88. The number of hydrogen-bond acceptors (Lipinski definition) is 5. The van der Waals surface area contributed by atoms with Gasteiger partial charge in [-0.15, -0.1) is 0 Å². The lowest BCUT2D eigenvalue weighted by atomic mass is 10.0. The molecular formula is C19H24ClN3O2S. The maximum atomic E-state index is 11.6. The van der Waals surface area contributed by atoms with Crippen molar-refractivity contribution in [2.24, 2.45) is 0 Å². The summed E-state index contributed by atoms with van der Waals surface area (Å²) in [6.07, 6.45) is 1.15. The predicted octanol–water partition coefficient (Wildman–Crippen LogP) is 4.35. The quantitative estimate of drug-likeness (QED) is 0.617. The Kier molecular flexibility index (Phi) is 7.72. The number of thioether (sulfide) groups is 1. The highest BCUT2D eigenvalue weighted by Crippen LogP contribution is 2.23. The van der Waals surface area contributed by atoms with Crippen molar-refractivity contribution in [3.05, 3.63) is 51.9 Å². The zero-order valence-corrected chi connectivity index (χ0v) is 16.8. The van der Waals surface area contributed by atoms with Crippen LogP contribution in [0.3, 0.4) is 0 Å². The largest absolute Gasteiger partial charge is 0.480 e. The van der Waals surface area contributed by atoms with Crippen LogP contribution < -0.4 is 5.32 Å². The van der Waals surface area contributed by atoms with Crippen LogP contribution >= 0.6 is 23.4 Å². The minimum absolute atomic E-state index is 0.538. The molecule has 0 radical (unpaired) electrons. The Morgan fingerprint density at radius 1 is 1.27 bits per heavy atom. The van der Waals surface area contributed by atoms with Crippen molar-refractivity contribution >= 4 is 35.1 Å². The summed E-state index contributed by atoms with van der Waals surface area (Å²) in [4.78, 5) is 20.6. The highest BCUT2D eigenvalue weighted by Gasteiger charge is 2.20. The van der Waals surface area contributed by atoms with Gasteiger partial charge in [0.1, 0.15) is 17.7 Å². The Morgan fingerprint density at radius 3 is 2.58 bits per heavy atom. The van der Waals surface area contributed by atoms with Crippen LogP contribution in [-0.2, 0) is 11.2 Å². The van der Waals surface area contributed by atoms with Gasteiger partial charge in [-0.1, -0.05) is 30.7 Å². The van der Waals surface area contributed by atoms with Crippen LogP contribution in [0.1, 0.15) is 36.0 Å². The van der Waals surface area contributed by atoms with Gasteiger partial charge in [-0.2, -0.15) is 11.8 Å². The maximum absolute atomic E-state index is 11.6. The zero-order chi connectivity index (χ0) is 19.1. The molecule has 0 saturated heterocycles. The van der Waals surface area contributed by atoms with E-state index >= 15 is 0 Å². The average molecular weight is 394 g/mol. The molecule has 7 heteroatoms. The van der Waals surface area contributed by atoms with Gasteiger partial charge in [0.05, 0.1) is 0 Å². The van der Waals surface area contributed by atoms with Crippen LogP contribution in [0, 0.1) is 13.8 Å². The van der Waals surface area contributed by atoms with Crippen LogP contribution in [0.5, 0.6) is 0 Å². The van der Waals surface area contributed by atoms with Crippen LogP contribution in [-0.4, -0.2) is 38.6 Å². The third-order valence-electron chi connectivity index (χ3n) is 3.98. The van der Waals surface area contributed by atoms with Gasteiger partial charge in [0, 0.05) is 22.7 Å². The molecule has 0 aliphatic rings. The van der Waals surface area contributed by atoms with E-state index in [4.69, 9.17) is 11.6 Å². The van der Waals surface area contributed by atoms with E-state index in [1.165, 1.54) is 0 Å². The van der Waals surface area contributed by atoms with Crippen molar-refractivity contribution in [1.29, 1.82) is 0 Å². The molecule has 2 N–H and O–H groups in total. The summed E-state index contributed by atoms with van der Waals surface area (Å²) in [6.45, 7) is 5.80. The molecule has 26 heavy (non-hydrogen) atoms. The van der Waals surface area contributed by atoms with E-state index in [0.29, 0.717) is 29.5 Å². The molecule has 1 unspecified atom stereocenters. The van der Waals surface area contributed by atoms with Gasteiger partial charge in [0.25, 0.3) is 0 Å². The molecule has 0 aliphatic carbocycles. The molecule has 140 valence electrons. The van der Waals surface area contributed by atoms with Crippen molar-refractivity contribution in [3.8, 4) is 0 Å². The van der Waals surface area contributed by atoms with Crippen LogP contribution in [0.2, 0.25) is 5.02 Å². The summed E-state index contributed by atoms with van der Waals surface area (Å²) < 4.78 is 0. The first-order valence-corrected chi connectivity index (χ1v) is 10.1. The number of nitrogens with one attached hydrogen (secondary N) is 1. The Bertz CT molecular complexity index is 753. The number of carbonyl (C=O) groups is 1. The van der Waals surface area contributed by atoms with Crippen LogP contribution in [0.15, 0.2) is 24.3 Å². The Morgan fingerprint density at radius 2 is 1.96 bits per heavy atom. The minimum atomic E-state index is -0.868. The Labute approximate surface area is 163 Å². The van der Waals surface area contributed by atoms with Crippen molar-refractivity contribution in [3.63, 3.8) is 0 Å². The van der Waals surface area contributed by atoms with E-state index < -0.39 is 12.0 Å². The Hall–Kier alpha value is -1.79. The number of aliphatic carboxylic acids is 1. The van der Waals surface area contributed by atoms with Crippen molar-refractivity contribution in [2.45, 2.75) is 39.7 Å². The summed E-state index contributed by atoms with van der Waals surface area (Å²) in [5.41, 5.74) is 2.83. The van der Waals surface area contributed by atoms with Crippen LogP contribution in [0.25, 0.3) is 0 Å². The van der Waals surface area contributed by atoms with E-state index in [1.54, 1.807) is 11.8 Å². The number of anilines is 1. The SMILES string of the molecule is CCSCCC(Nc1nc(C)nc(C)c1Cc1ccc(Cl)cc1)C(=O)O. The highest BCUT2D eigenvalue weighted by molar-refractivity contribution is 7.99.